The van der Waals surface area contributed by atoms with Crippen LogP contribution in [0, 0.1) is 0 Å². The molecule has 2 rings (SSSR count). The maximum atomic E-state index is 5.64. The second kappa shape index (κ2) is 4.21. The third-order valence-corrected chi connectivity index (χ3v) is 3.08. The predicted molar refractivity (Wildman–Crippen MR) is 59.2 cm³/mol. The average molecular weight is 207 g/mol. The number of rotatable bonds is 4. The van der Waals surface area contributed by atoms with Crippen molar-refractivity contribution in [3.8, 4) is 5.75 Å². The fourth-order valence-corrected chi connectivity index (χ4v) is 2.02. The van der Waals surface area contributed by atoms with E-state index in [9.17, 15) is 0 Å². The first-order chi connectivity index (χ1) is 7.30. The molecule has 82 valence electrons. The Bertz CT molecular complexity index is 317. The van der Waals surface area contributed by atoms with E-state index in [1.807, 2.05) is 12.1 Å². The van der Waals surface area contributed by atoms with Crippen LogP contribution in [-0.2, 0) is 10.2 Å². The monoisotopic (exact) mass is 207 g/mol. The second-order valence-electron chi connectivity index (χ2n) is 4.04. The van der Waals surface area contributed by atoms with Crippen molar-refractivity contribution in [1.29, 1.82) is 0 Å². The molecule has 0 bridgehead atoms. The Kier molecular flexibility index (Phi) is 2.93. The minimum atomic E-state index is 0.154. The summed E-state index contributed by atoms with van der Waals surface area (Å²) < 4.78 is 10.5. The van der Waals surface area contributed by atoms with E-state index in [4.69, 9.17) is 15.2 Å². The van der Waals surface area contributed by atoms with E-state index in [2.05, 4.69) is 12.1 Å². The van der Waals surface area contributed by atoms with E-state index >= 15 is 0 Å². The minimum absolute atomic E-state index is 0.154. The van der Waals surface area contributed by atoms with Crippen molar-refractivity contribution in [3.63, 3.8) is 0 Å². The molecule has 1 aliphatic rings. The van der Waals surface area contributed by atoms with Gasteiger partial charge in [-0.05, 0) is 30.7 Å². The number of ether oxygens (including phenoxy) is 2. The molecule has 0 saturated carbocycles. The minimum Gasteiger partial charge on any atom is -0.497 e. The molecule has 0 radical (unpaired) electrons. The van der Waals surface area contributed by atoms with Gasteiger partial charge in [0.15, 0.2) is 0 Å². The van der Waals surface area contributed by atoms with Crippen molar-refractivity contribution in [2.75, 3.05) is 26.9 Å². The largest absolute Gasteiger partial charge is 0.497 e. The summed E-state index contributed by atoms with van der Waals surface area (Å²) in [6.07, 6.45) is 0.985. The molecule has 1 aromatic rings. The highest BCUT2D eigenvalue weighted by molar-refractivity contribution is 5.34. The Balaban J connectivity index is 2.19. The molecular formula is C12H17NO2. The summed E-state index contributed by atoms with van der Waals surface area (Å²) in [5.41, 5.74) is 7.10. The number of nitrogens with two attached hydrogens (primary N) is 1. The van der Waals surface area contributed by atoms with E-state index in [0.717, 1.165) is 25.4 Å². The zero-order valence-corrected chi connectivity index (χ0v) is 9.03. The highest BCUT2D eigenvalue weighted by atomic mass is 16.5. The highest BCUT2D eigenvalue weighted by Gasteiger charge is 2.39. The summed E-state index contributed by atoms with van der Waals surface area (Å²) in [7, 11) is 1.68. The normalized spacial score (nSPS) is 18.3. The van der Waals surface area contributed by atoms with Gasteiger partial charge in [0.25, 0.3) is 0 Å². The molecule has 2 N–H and O–H groups in total. The molecule has 1 fully saturated rings. The van der Waals surface area contributed by atoms with E-state index in [1.165, 1.54) is 5.56 Å². The van der Waals surface area contributed by atoms with Gasteiger partial charge >= 0.3 is 0 Å². The zero-order chi connectivity index (χ0) is 10.7. The Hall–Kier alpha value is -1.06. The molecule has 1 saturated heterocycles. The first kappa shape index (κ1) is 10.5. The van der Waals surface area contributed by atoms with Crippen LogP contribution in [-0.4, -0.2) is 26.9 Å². The van der Waals surface area contributed by atoms with Crippen LogP contribution in [0.4, 0.5) is 0 Å². The van der Waals surface area contributed by atoms with E-state index in [-0.39, 0.29) is 5.41 Å². The van der Waals surface area contributed by atoms with Crippen molar-refractivity contribution in [2.45, 2.75) is 11.8 Å². The highest BCUT2D eigenvalue weighted by Crippen LogP contribution is 2.35. The van der Waals surface area contributed by atoms with Gasteiger partial charge in [0.05, 0.1) is 20.3 Å². The molecule has 1 aliphatic heterocycles. The van der Waals surface area contributed by atoms with Crippen LogP contribution >= 0.6 is 0 Å². The van der Waals surface area contributed by atoms with Gasteiger partial charge in [-0.25, -0.2) is 0 Å². The molecule has 0 unspecified atom stereocenters. The van der Waals surface area contributed by atoms with Gasteiger partial charge in [-0.1, -0.05) is 12.1 Å². The molecule has 1 aromatic carbocycles. The molecule has 0 amide bonds. The van der Waals surface area contributed by atoms with E-state index in [1.54, 1.807) is 7.11 Å². The molecule has 0 aliphatic carbocycles. The SMILES string of the molecule is COc1ccc(C2(CCN)COC2)cc1. The molecular weight excluding hydrogens is 190 g/mol. The first-order valence-corrected chi connectivity index (χ1v) is 5.23. The van der Waals surface area contributed by atoms with Crippen molar-refractivity contribution in [3.05, 3.63) is 29.8 Å². The Labute approximate surface area is 90.2 Å². The van der Waals surface area contributed by atoms with Gasteiger partial charge in [0.2, 0.25) is 0 Å². The second-order valence-corrected chi connectivity index (χ2v) is 4.04. The number of benzene rings is 1. The molecule has 1 heterocycles. The lowest BCUT2D eigenvalue weighted by atomic mass is 9.76. The molecule has 0 atom stereocenters. The van der Waals surface area contributed by atoms with Crippen LogP contribution in [0.5, 0.6) is 5.75 Å². The Morgan fingerprint density at radius 1 is 1.33 bits per heavy atom. The van der Waals surface area contributed by atoms with Crippen molar-refractivity contribution in [1.82, 2.24) is 0 Å². The standard InChI is InChI=1S/C12H17NO2/c1-14-11-4-2-10(3-5-11)12(6-7-13)8-15-9-12/h2-5H,6-9,13H2,1H3. The topological polar surface area (TPSA) is 44.5 Å². The Morgan fingerprint density at radius 3 is 2.40 bits per heavy atom. The van der Waals surface area contributed by atoms with Gasteiger partial charge in [-0.2, -0.15) is 0 Å². The summed E-state index contributed by atoms with van der Waals surface area (Å²) in [6.45, 7) is 2.28. The fraction of sp³-hybridized carbons (Fsp3) is 0.500. The van der Waals surface area contributed by atoms with Crippen molar-refractivity contribution in [2.24, 2.45) is 5.73 Å². The Morgan fingerprint density at radius 2 is 2.00 bits per heavy atom. The molecule has 0 aromatic heterocycles. The quantitative estimate of drug-likeness (QED) is 0.809. The van der Waals surface area contributed by atoms with E-state index in [0.29, 0.717) is 6.54 Å². The summed E-state index contributed by atoms with van der Waals surface area (Å²) in [5.74, 6) is 0.891. The lowest BCUT2D eigenvalue weighted by molar-refractivity contribution is -0.0631. The number of hydrogen-bond acceptors (Lipinski definition) is 3. The zero-order valence-electron chi connectivity index (χ0n) is 9.03. The molecule has 3 heteroatoms. The molecule has 0 spiro atoms. The number of hydrogen-bond donors (Lipinski definition) is 1. The van der Waals surface area contributed by atoms with E-state index < -0.39 is 0 Å². The maximum absolute atomic E-state index is 5.64. The first-order valence-electron chi connectivity index (χ1n) is 5.23. The third-order valence-electron chi connectivity index (χ3n) is 3.08. The molecule has 15 heavy (non-hydrogen) atoms. The lowest BCUT2D eigenvalue weighted by Crippen LogP contribution is -2.48. The summed E-state index contributed by atoms with van der Waals surface area (Å²) in [4.78, 5) is 0. The van der Waals surface area contributed by atoms with Gasteiger partial charge in [0.1, 0.15) is 5.75 Å². The van der Waals surface area contributed by atoms with Gasteiger partial charge in [-0.3, -0.25) is 0 Å². The fourth-order valence-electron chi connectivity index (χ4n) is 2.02. The summed E-state index contributed by atoms with van der Waals surface area (Å²) in [5, 5.41) is 0. The van der Waals surface area contributed by atoms with Gasteiger partial charge in [-0.15, -0.1) is 0 Å². The van der Waals surface area contributed by atoms with Crippen molar-refractivity contribution >= 4 is 0 Å². The molecule has 3 nitrogen and oxygen atoms in total. The maximum Gasteiger partial charge on any atom is 0.118 e. The lowest BCUT2D eigenvalue weighted by Gasteiger charge is -2.42. The van der Waals surface area contributed by atoms with Gasteiger partial charge in [0, 0.05) is 5.41 Å². The van der Waals surface area contributed by atoms with Crippen LogP contribution in [0.1, 0.15) is 12.0 Å². The third kappa shape index (κ3) is 1.85. The van der Waals surface area contributed by atoms with Crippen LogP contribution in [0.15, 0.2) is 24.3 Å². The smallest absolute Gasteiger partial charge is 0.118 e. The van der Waals surface area contributed by atoms with Gasteiger partial charge < -0.3 is 15.2 Å². The van der Waals surface area contributed by atoms with Crippen LogP contribution in [0.2, 0.25) is 0 Å². The number of methoxy groups -OCH3 is 1. The summed E-state index contributed by atoms with van der Waals surface area (Å²) in [6, 6.07) is 8.20. The van der Waals surface area contributed by atoms with Crippen molar-refractivity contribution < 1.29 is 9.47 Å². The summed E-state index contributed by atoms with van der Waals surface area (Å²) >= 11 is 0. The predicted octanol–water partition coefficient (Wildman–Crippen LogP) is 1.31. The van der Waals surface area contributed by atoms with Crippen LogP contribution in [0.3, 0.4) is 0 Å². The van der Waals surface area contributed by atoms with Crippen LogP contribution in [0.25, 0.3) is 0 Å². The average Bonchev–Trinajstić information content (AvgIpc) is 2.24. The van der Waals surface area contributed by atoms with Crippen LogP contribution < -0.4 is 10.5 Å².